The van der Waals surface area contributed by atoms with Gasteiger partial charge in [0.05, 0.1) is 0 Å². The summed E-state index contributed by atoms with van der Waals surface area (Å²) < 4.78 is 0. The first-order chi connectivity index (χ1) is 9.16. The van der Waals surface area contributed by atoms with Crippen molar-refractivity contribution in [3.8, 4) is 11.1 Å². The summed E-state index contributed by atoms with van der Waals surface area (Å²) in [7, 11) is 0. The van der Waals surface area contributed by atoms with Crippen LogP contribution in [-0.2, 0) is 6.42 Å². The topological polar surface area (TPSA) is 0 Å². The minimum absolute atomic E-state index is 0. The quantitative estimate of drug-likeness (QED) is 0.671. The summed E-state index contributed by atoms with van der Waals surface area (Å²) in [5.74, 6) is 0.636. The Bertz CT molecular complexity index is 651. The molecule has 0 aromatic heterocycles. The molecule has 0 saturated heterocycles. The summed E-state index contributed by atoms with van der Waals surface area (Å²) in [6, 6.07) is 15.4. The van der Waals surface area contributed by atoms with Crippen molar-refractivity contribution in [1.29, 1.82) is 0 Å². The predicted molar refractivity (Wildman–Crippen MR) is 88.9 cm³/mol. The van der Waals surface area contributed by atoms with Crippen LogP contribution >= 0.6 is 0 Å². The van der Waals surface area contributed by atoms with Crippen LogP contribution < -0.4 is 0 Å². The van der Waals surface area contributed by atoms with Gasteiger partial charge < -0.3 is 0 Å². The Hall–Kier alpha value is -1.22. The molecule has 1 aliphatic carbocycles. The Morgan fingerprint density at radius 1 is 0.900 bits per heavy atom. The van der Waals surface area contributed by atoms with Crippen LogP contribution in [0.3, 0.4) is 0 Å². The van der Waals surface area contributed by atoms with Crippen LogP contribution in [0, 0.1) is 12.8 Å². The molecule has 0 unspecified atom stereocenters. The van der Waals surface area contributed by atoms with Crippen molar-refractivity contribution in [2.45, 2.75) is 27.2 Å². The fourth-order valence-electron chi connectivity index (χ4n) is 2.87. The maximum atomic E-state index is 2.40. The molecule has 0 amide bonds. The Morgan fingerprint density at radius 3 is 2.30 bits per heavy atom. The van der Waals surface area contributed by atoms with Gasteiger partial charge in [-0.15, -0.1) is 0 Å². The molecule has 0 spiro atoms. The van der Waals surface area contributed by atoms with Crippen LogP contribution in [0.1, 0.15) is 30.5 Å². The molecule has 1 heteroatoms. The summed E-state index contributed by atoms with van der Waals surface area (Å²) in [6.45, 7) is 6.76. The Balaban J connectivity index is 0.00000147. The average Bonchev–Trinajstić information content (AvgIpc) is 2.83. The van der Waals surface area contributed by atoms with Crippen molar-refractivity contribution < 1.29 is 0 Å². The number of rotatable bonds is 2. The molecule has 0 fully saturated rings. The minimum Gasteiger partial charge on any atom is -0.0626 e. The SMILES string of the molecule is Cc1ccccc1-c1cccc2c1C=C(C(C)C)C2.[Li]. The first-order valence-corrected chi connectivity index (χ1v) is 7.05. The van der Waals surface area contributed by atoms with E-state index in [0.717, 1.165) is 6.42 Å². The third-order valence-corrected chi connectivity index (χ3v) is 4.10. The standard InChI is InChI=1S/C19H20.Li/c1-13(2)16-11-15-8-6-10-18(19(15)12-16)17-9-5-4-7-14(17)3;/h4-10,12-13H,11H2,1-3H3;. The molecule has 0 heterocycles. The van der Waals surface area contributed by atoms with Gasteiger partial charge >= 0.3 is 0 Å². The van der Waals surface area contributed by atoms with E-state index in [4.69, 9.17) is 0 Å². The van der Waals surface area contributed by atoms with E-state index >= 15 is 0 Å². The Kier molecular flexibility index (Phi) is 4.58. The number of aryl methyl sites for hydroxylation is 1. The van der Waals surface area contributed by atoms with Gasteiger partial charge in [-0.05, 0) is 47.1 Å². The second-order valence-electron chi connectivity index (χ2n) is 5.74. The van der Waals surface area contributed by atoms with Gasteiger partial charge in [-0.2, -0.15) is 0 Å². The van der Waals surface area contributed by atoms with E-state index in [2.05, 4.69) is 69.3 Å². The first-order valence-electron chi connectivity index (χ1n) is 7.05. The summed E-state index contributed by atoms with van der Waals surface area (Å²) in [6.07, 6.45) is 3.52. The van der Waals surface area contributed by atoms with E-state index in [-0.39, 0.29) is 18.9 Å². The molecule has 0 atom stereocenters. The van der Waals surface area contributed by atoms with E-state index in [1.165, 1.54) is 27.8 Å². The third-order valence-electron chi connectivity index (χ3n) is 4.10. The molecule has 2 aromatic carbocycles. The second kappa shape index (κ2) is 6.04. The molecule has 0 aliphatic heterocycles. The normalized spacial score (nSPS) is 12.9. The Labute approximate surface area is 134 Å². The van der Waals surface area contributed by atoms with Crippen molar-refractivity contribution in [3.63, 3.8) is 0 Å². The zero-order chi connectivity index (χ0) is 13.4. The molecule has 0 N–H and O–H groups in total. The number of hydrogen-bond donors (Lipinski definition) is 0. The molecule has 0 saturated carbocycles. The van der Waals surface area contributed by atoms with Gasteiger partial charge in [-0.25, -0.2) is 0 Å². The summed E-state index contributed by atoms with van der Waals surface area (Å²) in [5, 5.41) is 0. The van der Waals surface area contributed by atoms with Crippen molar-refractivity contribution >= 4 is 24.9 Å². The van der Waals surface area contributed by atoms with Crippen molar-refractivity contribution in [3.05, 3.63) is 64.7 Å². The van der Waals surface area contributed by atoms with Gasteiger partial charge in [-0.1, -0.05) is 68.0 Å². The molecule has 3 rings (SSSR count). The van der Waals surface area contributed by atoms with Crippen LogP contribution in [0.5, 0.6) is 0 Å². The molecular formula is C19H20Li. The van der Waals surface area contributed by atoms with E-state index in [9.17, 15) is 0 Å². The fourth-order valence-corrected chi connectivity index (χ4v) is 2.87. The van der Waals surface area contributed by atoms with Crippen LogP contribution in [0.15, 0.2) is 48.0 Å². The number of benzene rings is 2. The molecule has 1 radical (unpaired) electrons. The molecule has 2 aromatic rings. The van der Waals surface area contributed by atoms with Gasteiger partial charge in [0.25, 0.3) is 0 Å². The molecule has 97 valence electrons. The number of hydrogen-bond acceptors (Lipinski definition) is 0. The molecular weight excluding hydrogens is 235 g/mol. The monoisotopic (exact) mass is 255 g/mol. The molecule has 0 bridgehead atoms. The third kappa shape index (κ3) is 2.64. The van der Waals surface area contributed by atoms with E-state index in [1.54, 1.807) is 5.57 Å². The predicted octanol–water partition coefficient (Wildman–Crippen LogP) is 4.88. The van der Waals surface area contributed by atoms with E-state index < -0.39 is 0 Å². The van der Waals surface area contributed by atoms with Gasteiger partial charge in [0.1, 0.15) is 0 Å². The van der Waals surface area contributed by atoms with Crippen molar-refractivity contribution in [1.82, 2.24) is 0 Å². The summed E-state index contributed by atoms with van der Waals surface area (Å²) >= 11 is 0. The molecule has 0 nitrogen and oxygen atoms in total. The van der Waals surface area contributed by atoms with Crippen LogP contribution in [0.2, 0.25) is 0 Å². The zero-order valence-electron chi connectivity index (χ0n) is 12.9. The van der Waals surface area contributed by atoms with Gasteiger partial charge in [0.2, 0.25) is 0 Å². The maximum absolute atomic E-state index is 2.40. The Morgan fingerprint density at radius 2 is 1.60 bits per heavy atom. The van der Waals surface area contributed by atoms with Gasteiger partial charge in [-0.3, -0.25) is 0 Å². The van der Waals surface area contributed by atoms with Crippen LogP contribution in [0.25, 0.3) is 17.2 Å². The zero-order valence-corrected chi connectivity index (χ0v) is 12.9. The van der Waals surface area contributed by atoms with Crippen molar-refractivity contribution in [2.24, 2.45) is 5.92 Å². The number of allylic oxidation sites excluding steroid dienone is 1. The minimum atomic E-state index is 0. The smallest absolute Gasteiger partial charge is 0 e. The van der Waals surface area contributed by atoms with E-state index in [1.807, 2.05) is 0 Å². The largest absolute Gasteiger partial charge is 0.0626 e. The van der Waals surface area contributed by atoms with Crippen LogP contribution in [-0.4, -0.2) is 18.9 Å². The second-order valence-corrected chi connectivity index (χ2v) is 5.74. The van der Waals surface area contributed by atoms with Gasteiger partial charge in [0, 0.05) is 18.9 Å². The first kappa shape index (κ1) is 15.2. The van der Waals surface area contributed by atoms with Crippen molar-refractivity contribution in [2.75, 3.05) is 0 Å². The fraction of sp³-hybridized carbons (Fsp3) is 0.263. The van der Waals surface area contributed by atoms with E-state index in [0.29, 0.717) is 5.92 Å². The average molecular weight is 255 g/mol. The summed E-state index contributed by atoms with van der Waals surface area (Å²) in [4.78, 5) is 0. The van der Waals surface area contributed by atoms with Gasteiger partial charge in [0.15, 0.2) is 0 Å². The number of fused-ring (bicyclic) bond motifs is 1. The summed E-state index contributed by atoms with van der Waals surface area (Å²) in [5.41, 5.74) is 8.55. The maximum Gasteiger partial charge on any atom is 0 e. The molecule has 1 aliphatic rings. The molecule has 20 heavy (non-hydrogen) atoms. The van der Waals surface area contributed by atoms with Crippen LogP contribution in [0.4, 0.5) is 0 Å².